The average Bonchev–Trinajstić information content (AvgIpc) is 2.69. The molecule has 1 heterocycles. The Bertz CT molecular complexity index is 1080. The number of anilines is 1. The number of hydrogen-bond acceptors (Lipinski definition) is 4. The number of benzene rings is 2. The molecule has 0 atom stereocenters. The summed E-state index contributed by atoms with van der Waals surface area (Å²) >= 11 is 5.90. The summed E-state index contributed by atoms with van der Waals surface area (Å²) in [6.07, 6.45) is 1.33. The maximum Gasteiger partial charge on any atom is 0.244 e. The van der Waals surface area contributed by atoms with Gasteiger partial charge in [0, 0.05) is 28.0 Å². The molecule has 0 aliphatic heterocycles. The molecule has 0 aliphatic carbocycles. The molecule has 1 aromatic heterocycles. The highest BCUT2D eigenvalue weighted by Gasteiger charge is 2.12. The fourth-order valence-corrected chi connectivity index (χ4v) is 2.87. The van der Waals surface area contributed by atoms with Crippen LogP contribution in [0.5, 0.6) is 5.75 Å². The van der Waals surface area contributed by atoms with Gasteiger partial charge in [-0.2, -0.15) is 0 Å². The third kappa shape index (κ3) is 5.43. The van der Waals surface area contributed by atoms with Crippen LogP contribution >= 0.6 is 11.6 Å². The Balaban J connectivity index is 1.77. The van der Waals surface area contributed by atoms with Crippen LogP contribution in [-0.4, -0.2) is 15.6 Å². The lowest BCUT2D eigenvalue weighted by molar-refractivity contribution is -0.116. The van der Waals surface area contributed by atoms with E-state index in [1.807, 2.05) is 0 Å². The number of aromatic nitrogens is 1. The second kappa shape index (κ2) is 9.36. The molecule has 8 heteroatoms. The number of pyridine rings is 1. The van der Waals surface area contributed by atoms with Crippen LogP contribution in [0.15, 0.2) is 65.6 Å². The highest BCUT2D eigenvalue weighted by molar-refractivity contribution is 6.30. The van der Waals surface area contributed by atoms with Crippen LogP contribution in [-0.2, 0) is 24.6 Å². The topological polar surface area (TPSA) is 80.6 Å². The predicted octanol–water partition coefficient (Wildman–Crippen LogP) is 3.35. The molecule has 0 radical (unpaired) electrons. The van der Waals surface area contributed by atoms with Crippen LogP contribution in [0.1, 0.15) is 11.3 Å². The molecule has 150 valence electrons. The van der Waals surface area contributed by atoms with E-state index in [0.717, 1.165) is 0 Å². The Kier molecular flexibility index (Phi) is 6.64. The van der Waals surface area contributed by atoms with Gasteiger partial charge < -0.3 is 19.7 Å². The van der Waals surface area contributed by atoms with Gasteiger partial charge in [-0.05, 0) is 24.3 Å². The Morgan fingerprint density at radius 1 is 1.17 bits per heavy atom. The Morgan fingerprint density at radius 3 is 2.69 bits per heavy atom. The molecule has 6 nitrogen and oxygen atoms in total. The van der Waals surface area contributed by atoms with Crippen LogP contribution < -0.4 is 15.5 Å². The first-order chi connectivity index (χ1) is 14.0. The van der Waals surface area contributed by atoms with E-state index in [4.69, 9.17) is 16.3 Å². The molecule has 29 heavy (non-hydrogen) atoms. The maximum atomic E-state index is 13.7. The fraction of sp³-hybridized carbons (Fsp3) is 0.143. The van der Waals surface area contributed by atoms with E-state index in [1.54, 1.807) is 42.5 Å². The monoisotopic (exact) mass is 416 g/mol. The van der Waals surface area contributed by atoms with E-state index in [9.17, 15) is 19.1 Å². The Hall–Kier alpha value is -3.16. The molecule has 0 bridgehead atoms. The SMILES string of the molecule is O=C(Cn1cc(OCc2ccccc2F)c(=O)cc1CO)Nc1cccc(Cl)c1. The molecule has 3 rings (SSSR count). The third-order valence-corrected chi connectivity index (χ3v) is 4.34. The van der Waals surface area contributed by atoms with Gasteiger partial charge in [0.1, 0.15) is 19.0 Å². The number of rotatable bonds is 7. The minimum absolute atomic E-state index is 0.0546. The van der Waals surface area contributed by atoms with Crippen molar-refractivity contribution in [2.45, 2.75) is 19.8 Å². The number of amides is 1. The minimum Gasteiger partial charge on any atom is -0.483 e. The van der Waals surface area contributed by atoms with E-state index in [0.29, 0.717) is 16.3 Å². The smallest absolute Gasteiger partial charge is 0.244 e. The first-order valence-electron chi connectivity index (χ1n) is 8.72. The van der Waals surface area contributed by atoms with Crippen molar-refractivity contribution in [3.63, 3.8) is 0 Å². The van der Waals surface area contributed by atoms with Gasteiger partial charge in [-0.1, -0.05) is 35.9 Å². The number of carbonyl (C=O) groups excluding carboxylic acids is 1. The van der Waals surface area contributed by atoms with E-state index in [2.05, 4.69) is 5.32 Å². The van der Waals surface area contributed by atoms with Crippen LogP contribution in [0.2, 0.25) is 5.02 Å². The zero-order chi connectivity index (χ0) is 20.8. The summed E-state index contributed by atoms with van der Waals surface area (Å²) in [5, 5.41) is 12.7. The number of carbonyl (C=O) groups is 1. The van der Waals surface area contributed by atoms with Crippen molar-refractivity contribution >= 4 is 23.2 Å². The molecule has 1 amide bonds. The summed E-state index contributed by atoms with van der Waals surface area (Å²) in [7, 11) is 0. The van der Waals surface area contributed by atoms with Crippen molar-refractivity contribution in [3.05, 3.63) is 93.1 Å². The maximum absolute atomic E-state index is 13.7. The highest BCUT2D eigenvalue weighted by Crippen LogP contribution is 2.16. The number of aliphatic hydroxyl groups is 1. The van der Waals surface area contributed by atoms with Crippen LogP contribution in [0.25, 0.3) is 0 Å². The first-order valence-corrected chi connectivity index (χ1v) is 9.10. The third-order valence-electron chi connectivity index (χ3n) is 4.11. The standard InChI is InChI=1S/C21H18ClFN2O4/c22-15-5-3-6-16(8-15)24-21(28)11-25-10-20(19(27)9-17(25)12-26)29-13-14-4-1-2-7-18(14)23/h1-10,26H,11-13H2,(H,24,28). The van der Waals surface area contributed by atoms with Gasteiger partial charge in [-0.15, -0.1) is 0 Å². The molecular weight excluding hydrogens is 399 g/mol. The number of hydrogen-bond donors (Lipinski definition) is 2. The molecule has 0 spiro atoms. The summed E-state index contributed by atoms with van der Waals surface area (Å²) in [4.78, 5) is 24.6. The van der Waals surface area contributed by atoms with Crippen molar-refractivity contribution in [3.8, 4) is 5.75 Å². The van der Waals surface area contributed by atoms with Gasteiger partial charge >= 0.3 is 0 Å². The number of aliphatic hydroxyl groups excluding tert-OH is 1. The zero-order valence-electron chi connectivity index (χ0n) is 15.3. The van der Waals surface area contributed by atoms with Gasteiger partial charge in [0.15, 0.2) is 5.75 Å². The van der Waals surface area contributed by atoms with Gasteiger partial charge in [0.2, 0.25) is 11.3 Å². The van der Waals surface area contributed by atoms with Crippen LogP contribution in [0.3, 0.4) is 0 Å². The van der Waals surface area contributed by atoms with Crippen LogP contribution in [0.4, 0.5) is 10.1 Å². The first kappa shape index (κ1) is 20.6. The van der Waals surface area contributed by atoms with E-state index >= 15 is 0 Å². The van der Waals surface area contributed by atoms with Crippen molar-refractivity contribution < 1.29 is 19.0 Å². The minimum atomic E-state index is -0.475. The van der Waals surface area contributed by atoms with Crippen molar-refractivity contribution in [2.75, 3.05) is 5.32 Å². The molecule has 0 fully saturated rings. The number of nitrogens with zero attached hydrogens (tertiary/aromatic N) is 1. The summed E-state index contributed by atoms with van der Waals surface area (Å²) in [6, 6.07) is 13.9. The quantitative estimate of drug-likeness (QED) is 0.619. The lowest BCUT2D eigenvalue weighted by atomic mass is 10.2. The van der Waals surface area contributed by atoms with Crippen molar-refractivity contribution in [1.82, 2.24) is 4.57 Å². The summed E-state index contributed by atoms with van der Waals surface area (Å²) in [6.45, 7) is -0.749. The van der Waals surface area contributed by atoms with Crippen molar-refractivity contribution in [2.24, 2.45) is 0 Å². The van der Waals surface area contributed by atoms with Gasteiger partial charge in [0.25, 0.3) is 0 Å². The molecule has 2 N–H and O–H groups in total. The molecule has 0 saturated carbocycles. The van der Waals surface area contributed by atoms with Crippen LogP contribution in [0, 0.1) is 5.82 Å². The second-order valence-corrected chi connectivity index (χ2v) is 6.65. The zero-order valence-corrected chi connectivity index (χ0v) is 16.0. The van der Waals surface area contributed by atoms with E-state index in [1.165, 1.54) is 22.9 Å². The van der Waals surface area contributed by atoms with Gasteiger partial charge in [-0.25, -0.2) is 4.39 Å². The number of nitrogens with one attached hydrogen (secondary N) is 1. The summed E-state index contributed by atoms with van der Waals surface area (Å²) < 4.78 is 20.6. The second-order valence-electron chi connectivity index (χ2n) is 6.22. The predicted molar refractivity (Wildman–Crippen MR) is 107 cm³/mol. The number of ether oxygens (including phenoxy) is 1. The van der Waals surface area contributed by atoms with E-state index < -0.39 is 17.9 Å². The lowest BCUT2D eigenvalue weighted by Gasteiger charge is -2.14. The molecule has 3 aromatic rings. The largest absolute Gasteiger partial charge is 0.483 e. The fourth-order valence-electron chi connectivity index (χ4n) is 2.68. The number of halogens is 2. The van der Waals surface area contributed by atoms with Crippen molar-refractivity contribution in [1.29, 1.82) is 0 Å². The lowest BCUT2D eigenvalue weighted by Crippen LogP contribution is -2.23. The average molecular weight is 417 g/mol. The Morgan fingerprint density at radius 2 is 1.97 bits per heavy atom. The Labute approximate surface area is 171 Å². The highest BCUT2D eigenvalue weighted by atomic mass is 35.5. The molecular formula is C21H18ClFN2O4. The molecule has 2 aromatic carbocycles. The van der Waals surface area contributed by atoms with E-state index in [-0.39, 0.29) is 30.5 Å². The summed E-state index contributed by atoms with van der Waals surface area (Å²) in [5.74, 6) is -0.882. The summed E-state index contributed by atoms with van der Waals surface area (Å²) in [5.41, 5.74) is 0.583. The van der Waals surface area contributed by atoms with Gasteiger partial charge in [-0.3, -0.25) is 9.59 Å². The molecule has 0 aliphatic rings. The van der Waals surface area contributed by atoms with Gasteiger partial charge in [0.05, 0.1) is 12.8 Å². The normalized spacial score (nSPS) is 10.6. The molecule has 0 saturated heterocycles. The molecule has 0 unspecified atom stereocenters.